The second-order valence-corrected chi connectivity index (χ2v) is 7.83. The van der Waals surface area contributed by atoms with E-state index in [2.05, 4.69) is 27.3 Å². The standard InChI is InChI=1S/C22H22N6OS/c1-3-5-18-17(21(29)24-13-16-7-9-23-10-8-16)14-26-28(18)22-25-12-15(2)20(27-22)19-6-4-11-30-19/h4,6-12,14H,3,5,13H2,1-2H3,(H,24,29). The number of pyridine rings is 1. The average molecular weight is 419 g/mol. The Morgan fingerprint density at radius 1 is 1.20 bits per heavy atom. The molecule has 4 aromatic heterocycles. The number of carbonyl (C=O) groups excluding carboxylic acids is 1. The van der Waals surface area contributed by atoms with E-state index in [0.717, 1.165) is 33.8 Å². The fourth-order valence-corrected chi connectivity index (χ4v) is 3.97. The lowest BCUT2D eigenvalue weighted by atomic mass is 10.1. The Balaban J connectivity index is 1.64. The van der Waals surface area contributed by atoms with Crippen molar-refractivity contribution in [2.75, 3.05) is 0 Å². The van der Waals surface area contributed by atoms with E-state index in [9.17, 15) is 4.79 Å². The monoisotopic (exact) mass is 418 g/mol. The summed E-state index contributed by atoms with van der Waals surface area (Å²) in [4.78, 5) is 27.2. The maximum absolute atomic E-state index is 12.8. The number of hydrogen-bond donors (Lipinski definition) is 1. The first-order chi connectivity index (χ1) is 14.7. The van der Waals surface area contributed by atoms with Crippen LogP contribution in [0.2, 0.25) is 0 Å². The lowest BCUT2D eigenvalue weighted by molar-refractivity contribution is 0.0950. The van der Waals surface area contributed by atoms with Crippen LogP contribution in [-0.2, 0) is 13.0 Å². The van der Waals surface area contributed by atoms with Gasteiger partial charge in [-0.1, -0.05) is 19.4 Å². The van der Waals surface area contributed by atoms with Crippen LogP contribution in [0.3, 0.4) is 0 Å². The van der Waals surface area contributed by atoms with Gasteiger partial charge in [0, 0.05) is 25.1 Å². The van der Waals surface area contributed by atoms with Gasteiger partial charge in [-0.2, -0.15) is 5.10 Å². The molecule has 4 aromatic rings. The summed E-state index contributed by atoms with van der Waals surface area (Å²) in [5.41, 5.74) is 4.24. The Kier molecular flexibility index (Phi) is 5.94. The Morgan fingerprint density at radius 2 is 2.03 bits per heavy atom. The second kappa shape index (κ2) is 8.96. The molecule has 1 N–H and O–H groups in total. The lowest BCUT2D eigenvalue weighted by Gasteiger charge is -2.10. The predicted octanol–water partition coefficient (Wildman–Crippen LogP) is 3.98. The Morgan fingerprint density at radius 3 is 2.77 bits per heavy atom. The van der Waals surface area contributed by atoms with Crippen molar-refractivity contribution in [3.8, 4) is 16.5 Å². The van der Waals surface area contributed by atoms with Crippen molar-refractivity contribution in [2.45, 2.75) is 33.2 Å². The van der Waals surface area contributed by atoms with E-state index in [1.807, 2.05) is 36.6 Å². The maximum atomic E-state index is 12.8. The van der Waals surface area contributed by atoms with Gasteiger partial charge >= 0.3 is 0 Å². The molecule has 0 unspecified atom stereocenters. The summed E-state index contributed by atoms with van der Waals surface area (Å²) in [5, 5.41) is 9.45. The summed E-state index contributed by atoms with van der Waals surface area (Å²) in [6, 6.07) is 7.80. The number of rotatable bonds is 7. The van der Waals surface area contributed by atoms with Gasteiger partial charge in [0.2, 0.25) is 0 Å². The number of hydrogen-bond acceptors (Lipinski definition) is 6. The van der Waals surface area contributed by atoms with E-state index in [1.54, 1.807) is 40.8 Å². The van der Waals surface area contributed by atoms with Crippen molar-refractivity contribution in [2.24, 2.45) is 0 Å². The third-order valence-corrected chi connectivity index (χ3v) is 5.58. The lowest BCUT2D eigenvalue weighted by Crippen LogP contribution is -2.24. The van der Waals surface area contributed by atoms with Crippen LogP contribution in [0.4, 0.5) is 0 Å². The number of nitrogens with zero attached hydrogens (tertiary/aromatic N) is 5. The highest BCUT2D eigenvalue weighted by molar-refractivity contribution is 7.13. The number of amides is 1. The molecule has 4 rings (SSSR count). The van der Waals surface area contributed by atoms with Gasteiger partial charge in [-0.3, -0.25) is 9.78 Å². The van der Waals surface area contributed by atoms with Crippen LogP contribution in [0.25, 0.3) is 16.5 Å². The second-order valence-electron chi connectivity index (χ2n) is 6.88. The summed E-state index contributed by atoms with van der Waals surface area (Å²) in [6.45, 7) is 4.50. The first-order valence-electron chi connectivity index (χ1n) is 9.79. The van der Waals surface area contributed by atoms with E-state index >= 15 is 0 Å². The van der Waals surface area contributed by atoms with E-state index in [0.29, 0.717) is 24.5 Å². The molecule has 152 valence electrons. The van der Waals surface area contributed by atoms with Gasteiger partial charge in [-0.15, -0.1) is 11.3 Å². The molecule has 0 atom stereocenters. The topological polar surface area (TPSA) is 85.6 Å². The molecule has 0 fully saturated rings. The molecule has 7 nitrogen and oxygen atoms in total. The minimum Gasteiger partial charge on any atom is -0.348 e. The van der Waals surface area contributed by atoms with Crippen LogP contribution in [-0.4, -0.2) is 30.6 Å². The molecule has 1 amide bonds. The molecular weight excluding hydrogens is 396 g/mol. The zero-order chi connectivity index (χ0) is 20.9. The Hall–Kier alpha value is -3.39. The molecule has 0 aliphatic rings. The van der Waals surface area contributed by atoms with Gasteiger partial charge in [-0.25, -0.2) is 14.6 Å². The SMILES string of the molecule is CCCc1c(C(=O)NCc2ccncc2)cnn1-c1ncc(C)c(-c2cccs2)n1. The molecule has 8 heteroatoms. The van der Waals surface area contributed by atoms with Gasteiger partial charge in [0.25, 0.3) is 11.9 Å². The van der Waals surface area contributed by atoms with Gasteiger partial charge in [0.05, 0.1) is 28.0 Å². The van der Waals surface area contributed by atoms with Crippen molar-refractivity contribution in [1.82, 2.24) is 30.0 Å². The summed E-state index contributed by atoms with van der Waals surface area (Å²) < 4.78 is 1.68. The van der Waals surface area contributed by atoms with E-state index in [4.69, 9.17) is 4.98 Å². The molecule has 0 aliphatic heterocycles. The van der Waals surface area contributed by atoms with Gasteiger partial charge in [0.1, 0.15) is 0 Å². The Labute approximate surface area is 178 Å². The average Bonchev–Trinajstić information content (AvgIpc) is 3.44. The minimum absolute atomic E-state index is 0.160. The van der Waals surface area contributed by atoms with Crippen molar-refractivity contribution in [3.63, 3.8) is 0 Å². The number of aromatic nitrogens is 5. The fourth-order valence-electron chi connectivity index (χ4n) is 3.19. The molecule has 0 aliphatic carbocycles. The molecule has 0 aromatic carbocycles. The molecule has 4 heterocycles. The maximum Gasteiger partial charge on any atom is 0.255 e. The molecule has 0 spiro atoms. The molecule has 0 saturated carbocycles. The largest absolute Gasteiger partial charge is 0.348 e. The first-order valence-corrected chi connectivity index (χ1v) is 10.7. The van der Waals surface area contributed by atoms with Gasteiger partial charge < -0.3 is 5.32 Å². The van der Waals surface area contributed by atoms with Crippen molar-refractivity contribution in [1.29, 1.82) is 0 Å². The minimum atomic E-state index is -0.160. The molecule has 0 radical (unpaired) electrons. The molecular formula is C22H22N6OS. The number of carbonyl (C=O) groups is 1. The number of thiophene rings is 1. The Bertz CT molecular complexity index is 1140. The van der Waals surface area contributed by atoms with Gasteiger partial charge in [0.15, 0.2) is 0 Å². The first kappa shape index (κ1) is 19.9. The molecule has 0 bridgehead atoms. The van der Waals surface area contributed by atoms with E-state index in [1.165, 1.54) is 0 Å². The van der Waals surface area contributed by atoms with Crippen molar-refractivity contribution in [3.05, 3.63) is 76.8 Å². The summed E-state index contributed by atoms with van der Waals surface area (Å²) in [7, 11) is 0. The third kappa shape index (κ3) is 4.13. The van der Waals surface area contributed by atoms with Crippen molar-refractivity contribution < 1.29 is 4.79 Å². The summed E-state index contributed by atoms with van der Waals surface area (Å²) in [6.07, 6.45) is 8.40. The highest BCUT2D eigenvalue weighted by Gasteiger charge is 2.20. The number of aryl methyl sites for hydroxylation is 1. The van der Waals surface area contributed by atoms with E-state index < -0.39 is 0 Å². The summed E-state index contributed by atoms with van der Waals surface area (Å²) >= 11 is 1.63. The third-order valence-electron chi connectivity index (χ3n) is 4.71. The van der Waals surface area contributed by atoms with Crippen LogP contribution < -0.4 is 5.32 Å². The highest BCUT2D eigenvalue weighted by atomic mass is 32.1. The number of nitrogens with one attached hydrogen (secondary N) is 1. The van der Waals surface area contributed by atoms with Crippen LogP contribution >= 0.6 is 11.3 Å². The highest BCUT2D eigenvalue weighted by Crippen LogP contribution is 2.26. The van der Waals surface area contributed by atoms with Crippen LogP contribution in [0.1, 0.15) is 40.5 Å². The zero-order valence-corrected chi connectivity index (χ0v) is 17.7. The van der Waals surface area contributed by atoms with Gasteiger partial charge in [-0.05, 0) is 48.1 Å². The smallest absolute Gasteiger partial charge is 0.255 e. The predicted molar refractivity (Wildman–Crippen MR) is 117 cm³/mol. The molecule has 30 heavy (non-hydrogen) atoms. The van der Waals surface area contributed by atoms with Crippen LogP contribution in [0.15, 0.2) is 54.4 Å². The van der Waals surface area contributed by atoms with E-state index in [-0.39, 0.29) is 5.91 Å². The molecule has 0 saturated heterocycles. The zero-order valence-electron chi connectivity index (χ0n) is 16.9. The van der Waals surface area contributed by atoms with Crippen molar-refractivity contribution >= 4 is 17.2 Å². The quantitative estimate of drug-likeness (QED) is 0.491. The summed E-state index contributed by atoms with van der Waals surface area (Å²) in [5.74, 6) is 0.313. The van der Waals surface area contributed by atoms with Crippen LogP contribution in [0, 0.1) is 6.92 Å². The fraction of sp³-hybridized carbons (Fsp3) is 0.227. The normalized spacial score (nSPS) is 10.9. The van der Waals surface area contributed by atoms with Crippen LogP contribution in [0.5, 0.6) is 0 Å².